The smallest absolute Gasteiger partial charge is 0.288 e. The zero-order valence-electron chi connectivity index (χ0n) is 20.7. The number of hydrogen-bond donors (Lipinski definition) is 3. The van der Waals surface area contributed by atoms with Gasteiger partial charge in [0.15, 0.2) is 5.82 Å². The van der Waals surface area contributed by atoms with E-state index in [1.165, 1.54) is 0 Å². The van der Waals surface area contributed by atoms with Crippen LogP contribution < -0.4 is 21.3 Å². The highest BCUT2D eigenvalue weighted by molar-refractivity contribution is 6.02. The molecule has 1 amide bonds. The van der Waals surface area contributed by atoms with Gasteiger partial charge in [-0.25, -0.2) is 5.10 Å². The Morgan fingerprint density at radius 2 is 1.95 bits per heavy atom. The number of aromatic amines is 1. The first-order valence-corrected chi connectivity index (χ1v) is 12.4. The Bertz CT molecular complexity index is 1470. The maximum atomic E-state index is 13.0. The fourth-order valence-electron chi connectivity index (χ4n) is 4.83. The van der Waals surface area contributed by atoms with Crippen molar-refractivity contribution < 1.29 is 9.53 Å². The summed E-state index contributed by atoms with van der Waals surface area (Å²) in [6.45, 7) is 1.83. The van der Waals surface area contributed by atoms with Crippen molar-refractivity contribution in [2.75, 3.05) is 32.4 Å². The number of H-pyrrole nitrogens is 1. The summed E-state index contributed by atoms with van der Waals surface area (Å²) in [5, 5.41) is 10.2. The number of likely N-dealkylation sites (tertiary alicyclic amines) is 1. The molecule has 0 bridgehead atoms. The van der Waals surface area contributed by atoms with Gasteiger partial charge in [0.25, 0.3) is 5.56 Å². The van der Waals surface area contributed by atoms with E-state index in [2.05, 4.69) is 15.5 Å². The Labute approximate surface area is 214 Å². The van der Waals surface area contributed by atoms with Crippen LogP contribution in [0.3, 0.4) is 0 Å². The van der Waals surface area contributed by atoms with Crippen molar-refractivity contribution in [2.24, 2.45) is 0 Å². The average Bonchev–Trinajstić information content (AvgIpc) is 3.34. The number of likely N-dealkylation sites (N-methyl/N-ethyl adjacent to an activating group) is 1. The monoisotopic (exact) mass is 498 g/mol. The second-order valence-electron chi connectivity index (χ2n) is 9.09. The summed E-state index contributed by atoms with van der Waals surface area (Å²) in [6, 6.07) is 17.2. The number of ether oxygens (including phenoxy) is 1. The van der Waals surface area contributed by atoms with Crippen molar-refractivity contribution in [2.45, 2.75) is 18.9 Å². The van der Waals surface area contributed by atoms with Crippen LogP contribution in [-0.4, -0.2) is 52.3 Å². The number of carbonyl (C=O) groups excluding carboxylic acids is 1. The summed E-state index contributed by atoms with van der Waals surface area (Å²) >= 11 is 0. The Kier molecular flexibility index (Phi) is 7.04. The number of hydrogen-bond acceptors (Lipinski definition) is 6. The van der Waals surface area contributed by atoms with Crippen LogP contribution >= 0.6 is 0 Å². The number of carbonyl (C=O) groups is 1. The van der Waals surface area contributed by atoms with Gasteiger partial charge in [0.1, 0.15) is 17.0 Å². The topological polar surface area (TPSA) is 118 Å². The van der Waals surface area contributed by atoms with Crippen LogP contribution in [0.5, 0.6) is 11.5 Å². The number of nitrogens with two attached hydrogens (primary N) is 1. The maximum Gasteiger partial charge on any atom is 0.288 e. The van der Waals surface area contributed by atoms with Gasteiger partial charge in [0, 0.05) is 37.5 Å². The molecular formula is C28H30N6O3. The molecule has 5 rings (SSSR count). The van der Waals surface area contributed by atoms with Gasteiger partial charge in [-0.3, -0.25) is 9.59 Å². The molecule has 190 valence electrons. The van der Waals surface area contributed by atoms with Crippen LogP contribution in [0.15, 0.2) is 77.7 Å². The van der Waals surface area contributed by atoms with Crippen LogP contribution in [0.2, 0.25) is 0 Å². The number of piperidine rings is 1. The Morgan fingerprint density at radius 3 is 2.70 bits per heavy atom. The molecule has 0 spiro atoms. The van der Waals surface area contributed by atoms with Gasteiger partial charge in [-0.1, -0.05) is 36.4 Å². The first-order valence-electron chi connectivity index (χ1n) is 12.4. The molecule has 4 aromatic rings. The first-order chi connectivity index (χ1) is 18.0. The molecule has 4 N–H and O–H groups in total. The van der Waals surface area contributed by atoms with E-state index < -0.39 is 0 Å². The Hall–Kier alpha value is -4.37. The molecule has 2 aromatic heterocycles. The number of fused-ring (bicyclic) bond motifs is 1. The van der Waals surface area contributed by atoms with Gasteiger partial charge >= 0.3 is 0 Å². The Morgan fingerprint density at radius 1 is 1.19 bits per heavy atom. The zero-order valence-corrected chi connectivity index (χ0v) is 20.7. The maximum absolute atomic E-state index is 13.0. The van der Waals surface area contributed by atoms with Crippen LogP contribution in [0.1, 0.15) is 18.9 Å². The number of nitrogens with zero attached hydrogens (tertiary/aromatic N) is 3. The standard InChI is InChI=1S/C28H30N6O3/c1-30-15-5-10-24(35)33-16-6-7-20(17-33)34-18-23(25-26(34)28(36)32-31-27(25)29)19-11-13-22(14-12-19)37-21-8-3-2-4-9-21/h2-5,8-14,18,20,30H,6-7,15-17H2,1H3,(H2,29,31)(H,32,36)/b10-5+/t20-/m1/s1. The molecular weight excluding hydrogens is 468 g/mol. The summed E-state index contributed by atoms with van der Waals surface area (Å²) in [4.78, 5) is 27.5. The number of nitrogen functional groups attached to an aromatic ring is 1. The summed E-state index contributed by atoms with van der Waals surface area (Å²) in [5.74, 6) is 1.69. The van der Waals surface area contributed by atoms with Crippen molar-refractivity contribution in [3.63, 3.8) is 0 Å². The molecule has 9 heteroatoms. The predicted molar refractivity (Wildman–Crippen MR) is 145 cm³/mol. The van der Waals surface area contributed by atoms with E-state index in [0.717, 1.165) is 29.7 Å². The summed E-state index contributed by atoms with van der Waals surface area (Å²) in [5.41, 5.74) is 8.15. The second-order valence-corrected chi connectivity index (χ2v) is 9.09. The normalized spacial score (nSPS) is 15.9. The van der Waals surface area contributed by atoms with Crippen LogP contribution in [-0.2, 0) is 4.79 Å². The molecule has 1 saturated heterocycles. The third-order valence-electron chi connectivity index (χ3n) is 6.61. The number of amides is 1. The third-order valence-corrected chi connectivity index (χ3v) is 6.61. The fraction of sp³-hybridized carbons (Fsp3) is 0.250. The predicted octanol–water partition coefficient (Wildman–Crippen LogP) is 3.71. The largest absolute Gasteiger partial charge is 0.457 e. The van der Waals surface area contributed by atoms with Crippen molar-refractivity contribution in [1.82, 2.24) is 25.0 Å². The van der Waals surface area contributed by atoms with Gasteiger partial charge in [0.05, 0.1) is 11.4 Å². The van der Waals surface area contributed by atoms with Gasteiger partial charge in [-0.15, -0.1) is 0 Å². The van der Waals surface area contributed by atoms with E-state index in [9.17, 15) is 9.59 Å². The molecule has 3 heterocycles. The molecule has 0 unspecified atom stereocenters. The number of anilines is 1. The van der Waals surface area contributed by atoms with E-state index in [1.54, 1.807) is 6.08 Å². The second kappa shape index (κ2) is 10.7. The minimum absolute atomic E-state index is 0.0271. The highest BCUT2D eigenvalue weighted by Gasteiger charge is 2.27. The van der Waals surface area contributed by atoms with E-state index in [-0.39, 0.29) is 23.3 Å². The first kappa shape index (κ1) is 24.3. The SMILES string of the molecule is CNC/C=C/C(=O)N1CCC[C@@H](n2cc(-c3ccc(Oc4ccccc4)cc3)c3c(N)n[nH]c(=O)c32)C1. The van der Waals surface area contributed by atoms with Gasteiger partial charge in [-0.05, 0) is 49.7 Å². The Balaban J connectivity index is 1.48. The molecule has 1 aliphatic rings. The number of aromatic nitrogens is 3. The van der Waals surface area contributed by atoms with Crippen LogP contribution in [0, 0.1) is 0 Å². The lowest BCUT2D eigenvalue weighted by molar-refractivity contribution is -0.127. The minimum atomic E-state index is -0.308. The molecule has 2 aromatic carbocycles. The van der Waals surface area contributed by atoms with E-state index >= 15 is 0 Å². The fourth-order valence-corrected chi connectivity index (χ4v) is 4.83. The highest BCUT2D eigenvalue weighted by Crippen LogP contribution is 2.36. The van der Waals surface area contributed by atoms with Crippen molar-refractivity contribution >= 4 is 22.6 Å². The molecule has 9 nitrogen and oxygen atoms in total. The quantitative estimate of drug-likeness (QED) is 0.334. The lowest BCUT2D eigenvalue weighted by Gasteiger charge is -2.33. The van der Waals surface area contributed by atoms with Crippen LogP contribution in [0.4, 0.5) is 5.82 Å². The lowest BCUT2D eigenvalue weighted by Crippen LogP contribution is -2.40. The molecule has 0 radical (unpaired) electrons. The molecule has 1 fully saturated rings. The highest BCUT2D eigenvalue weighted by atomic mass is 16.5. The van der Waals surface area contributed by atoms with Gasteiger partial charge in [-0.2, -0.15) is 5.10 Å². The van der Waals surface area contributed by atoms with Crippen molar-refractivity contribution in [1.29, 1.82) is 0 Å². The van der Waals surface area contributed by atoms with Gasteiger partial charge in [0.2, 0.25) is 5.91 Å². The molecule has 1 atom stereocenters. The van der Waals surface area contributed by atoms with Crippen molar-refractivity contribution in [3.8, 4) is 22.6 Å². The molecule has 0 aliphatic carbocycles. The summed E-state index contributed by atoms with van der Waals surface area (Å²) in [7, 11) is 1.84. The molecule has 1 aliphatic heterocycles. The lowest BCUT2D eigenvalue weighted by atomic mass is 10.1. The average molecular weight is 499 g/mol. The number of nitrogens with one attached hydrogen (secondary N) is 2. The zero-order chi connectivity index (χ0) is 25.8. The third kappa shape index (κ3) is 5.12. The number of benzene rings is 2. The molecule has 0 saturated carbocycles. The van der Waals surface area contributed by atoms with E-state index in [4.69, 9.17) is 10.5 Å². The summed E-state index contributed by atoms with van der Waals surface area (Å²) < 4.78 is 7.89. The minimum Gasteiger partial charge on any atom is -0.457 e. The number of rotatable bonds is 7. The van der Waals surface area contributed by atoms with E-state index in [1.807, 2.05) is 83.4 Å². The van der Waals surface area contributed by atoms with Crippen molar-refractivity contribution in [3.05, 3.63) is 83.3 Å². The number of para-hydroxylation sites is 1. The van der Waals surface area contributed by atoms with E-state index in [0.29, 0.717) is 36.3 Å². The summed E-state index contributed by atoms with van der Waals surface area (Å²) in [6.07, 6.45) is 7.07. The van der Waals surface area contributed by atoms with Gasteiger partial charge < -0.3 is 25.3 Å². The molecule has 37 heavy (non-hydrogen) atoms. The van der Waals surface area contributed by atoms with Crippen LogP contribution in [0.25, 0.3) is 22.0 Å².